The van der Waals surface area contributed by atoms with E-state index in [1.807, 2.05) is 18.2 Å². The van der Waals surface area contributed by atoms with Crippen LogP contribution in [0.25, 0.3) is 74.7 Å². The Balaban J connectivity index is 0.00000549. The summed E-state index contributed by atoms with van der Waals surface area (Å²) in [6.07, 6.45) is 11.6. The maximum atomic E-state index is 9.72. The molecule has 57 heavy (non-hydrogen) atoms. The Kier molecular flexibility index (Phi) is 10.9. The first-order valence-corrected chi connectivity index (χ1v) is 19.6. The van der Waals surface area contributed by atoms with Crippen LogP contribution in [0.15, 0.2) is 72.8 Å². The second-order valence-electron chi connectivity index (χ2n) is 19.3. The molecule has 2 aliphatic heterocycles. The van der Waals surface area contributed by atoms with Crippen LogP contribution in [-0.2, 0) is 41.1 Å². The van der Waals surface area contributed by atoms with E-state index in [4.69, 9.17) is 19.9 Å². The fourth-order valence-electron chi connectivity index (χ4n) is 7.20. The van der Waals surface area contributed by atoms with E-state index in [2.05, 4.69) is 168 Å². The third-order valence-corrected chi connectivity index (χ3v) is 10.7. The van der Waals surface area contributed by atoms with Gasteiger partial charge in [0, 0.05) is 6.08 Å². The van der Waals surface area contributed by atoms with Gasteiger partial charge in [-0.15, -0.1) is 22.1 Å². The van der Waals surface area contributed by atoms with Crippen molar-refractivity contribution in [3.05, 3.63) is 123 Å². The number of fused-ring (bicyclic) bond motifs is 8. The fourth-order valence-corrected chi connectivity index (χ4v) is 7.20. The SMILES string of the molecule is CC(C)(C)c1cc(-c2c3nc(c(/C=C/C#N)c4ccc([n-]4)c(-c4cc(C(C)(C)C)cc(C(C)(C)C)c4)c4nc(cc5ccc2[n-]5)C=C4)C=C3)cc(C(C)(C)C)c1.[Zn+2]. The van der Waals surface area contributed by atoms with Gasteiger partial charge in [0.05, 0.1) is 28.8 Å². The summed E-state index contributed by atoms with van der Waals surface area (Å²) in [5, 5.41) is 9.72. The third kappa shape index (κ3) is 8.61. The molecule has 0 fully saturated rings. The molecule has 3 aromatic heterocycles. The number of nitrogens with zero attached hydrogens (tertiary/aromatic N) is 5. The van der Waals surface area contributed by atoms with Gasteiger partial charge in [-0.25, -0.2) is 9.97 Å². The molecule has 0 atom stereocenters. The summed E-state index contributed by atoms with van der Waals surface area (Å²) in [6.45, 7) is 27.1. The van der Waals surface area contributed by atoms with Crippen molar-refractivity contribution in [3.63, 3.8) is 0 Å². The second kappa shape index (κ2) is 15.0. The molecule has 284 valence electrons. The van der Waals surface area contributed by atoms with Gasteiger partial charge in [0.1, 0.15) is 0 Å². The number of nitriles is 1. The van der Waals surface area contributed by atoms with Crippen molar-refractivity contribution in [2.45, 2.75) is 105 Å². The Labute approximate surface area is 351 Å². The molecule has 0 spiro atoms. The minimum atomic E-state index is -0.0680. The van der Waals surface area contributed by atoms with E-state index >= 15 is 0 Å². The Morgan fingerprint density at radius 3 is 1.46 bits per heavy atom. The van der Waals surface area contributed by atoms with E-state index in [0.29, 0.717) is 0 Å². The van der Waals surface area contributed by atoms with Gasteiger partial charge < -0.3 is 9.97 Å². The standard InChI is InChI=1S/C51H53N5.Zn/c1-48(2,3)33-24-31(25-34(28-33)49(4,5)6)46-42-17-15-37(53-42)30-38-16-18-43(54-38)47(32-26-35(50(7,8)9)29-36(27-32)51(10,11)12)45-22-20-41(56-45)39(14-13-23-52)40-19-21-44(46)55-40;/h13-22,24-30H,1-12H3;/q-2;+2/b14-13+,37-30?,38-30?,40-39?,41-39?,46-42?,46-44?,47-43?,47-45?;. The van der Waals surface area contributed by atoms with E-state index in [1.54, 1.807) is 0 Å². The zero-order valence-electron chi connectivity index (χ0n) is 35.8. The van der Waals surface area contributed by atoms with Crippen molar-refractivity contribution < 1.29 is 19.5 Å². The average Bonchev–Trinajstić information content (AvgIpc) is 3.94. The van der Waals surface area contributed by atoms with Crippen molar-refractivity contribution >= 4 is 52.4 Å². The van der Waals surface area contributed by atoms with Gasteiger partial charge in [-0.3, -0.25) is 0 Å². The first kappa shape index (κ1) is 41.5. The van der Waals surface area contributed by atoms with Crippen LogP contribution >= 0.6 is 0 Å². The minimum Gasteiger partial charge on any atom is -0.657 e. The van der Waals surface area contributed by atoms with Crippen molar-refractivity contribution in [1.82, 2.24) is 19.9 Å². The molecule has 7 rings (SSSR count). The molecule has 0 N–H and O–H groups in total. The van der Waals surface area contributed by atoms with Gasteiger partial charge in [0.2, 0.25) is 0 Å². The van der Waals surface area contributed by atoms with Gasteiger partial charge in [0.15, 0.2) is 0 Å². The topological polar surface area (TPSA) is 77.8 Å². The summed E-state index contributed by atoms with van der Waals surface area (Å²) >= 11 is 0. The number of rotatable bonds is 3. The zero-order chi connectivity index (χ0) is 40.4. The largest absolute Gasteiger partial charge is 2.00 e. The Bertz CT molecular complexity index is 2540. The second-order valence-corrected chi connectivity index (χ2v) is 19.3. The molecule has 5 heterocycles. The summed E-state index contributed by atoms with van der Waals surface area (Å²) in [5.41, 5.74) is 16.0. The Morgan fingerprint density at radius 2 is 0.947 bits per heavy atom. The number of hydrogen-bond acceptors (Lipinski definition) is 3. The summed E-state index contributed by atoms with van der Waals surface area (Å²) in [7, 11) is 0. The van der Waals surface area contributed by atoms with Crippen LogP contribution in [0.2, 0.25) is 0 Å². The Hall–Kier alpha value is -5.11. The molecule has 0 unspecified atom stereocenters. The fraction of sp³-hybridized carbons (Fsp3) is 0.314. The molecule has 0 saturated carbocycles. The molecule has 2 aromatic carbocycles. The zero-order valence-corrected chi connectivity index (χ0v) is 38.7. The van der Waals surface area contributed by atoms with Gasteiger partial charge in [0.25, 0.3) is 0 Å². The maximum absolute atomic E-state index is 9.72. The monoisotopic (exact) mass is 799 g/mol. The summed E-state index contributed by atoms with van der Waals surface area (Å²) in [5.74, 6) is 0. The van der Waals surface area contributed by atoms with Crippen LogP contribution in [-0.4, -0.2) is 9.97 Å². The quantitative estimate of drug-likeness (QED) is 0.131. The smallest absolute Gasteiger partial charge is 0.657 e. The predicted octanol–water partition coefficient (Wildman–Crippen LogP) is 13.0. The molecule has 0 radical (unpaired) electrons. The van der Waals surface area contributed by atoms with Crippen LogP contribution in [0.5, 0.6) is 0 Å². The first-order valence-electron chi connectivity index (χ1n) is 19.6. The summed E-state index contributed by atoms with van der Waals surface area (Å²) in [6, 6.07) is 26.4. The number of aromatic nitrogens is 4. The van der Waals surface area contributed by atoms with Crippen LogP contribution < -0.4 is 9.97 Å². The maximum Gasteiger partial charge on any atom is 2.00 e. The van der Waals surface area contributed by atoms with Crippen molar-refractivity contribution in [2.75, 3.05) is 0 Å². The molecule has 5 nitrogen and oxygen atoms in total. The van der Waals surface area contributed by atoms with E-state index in [1.165, 1.54) is 28.3 Å². The molecular weight excluding hydrogens is 748 g/mol. The number of hydrogen-bond donors (Lipinski definition) is 0. The van der Waals surface area contributed by atoms with Crippen LogP contribution in [0.1, 0.15) is 134 Å². The van der Waals surface area contributed by atoms with Gasteiger partial charge >= 0.3 is 19.5 Å². The van der Waals surface area contributed by atoms with Crippen LogP contribution in [0.4, 0.5) is 0 Å². The van der Waals surface area contributed by atoms with Gasteiger partial charge in [-0.05, 0) is 102 Å². The molecule has 5 aromatic rings. The number of allylic oxidation sites excluding steroid dienone is 1. The Morgan fingerprint density at radius 1 is 0.509 bits per heavy atom. The van der Waals surface area contributed by atoms with E-state index in [-0.39, 0.29) is 41.1 Å². The minimum absolute atomic E-state index is 0. The molecule has 0 aliphatic carbocycles. The summed E-state index contributed by atoms with van der Waals surface area (Å²) < 4.78 is 0. The molecule has 0 saturated heterocycles. The molecule has 6 heteroatoms. The van der Waals surface area contributed by atoms with E-state index in [0.717, 1.165) is 72.7 Å². The average molecular weight is 801 g/mol. The van der Waals surface area contributed by atoms with Crippen LogP contribution in [0, 0.1) is 11.3 Å². The summed E-state index contributed by atoms with van der Waals surface area (Å²) in [4.78, 5) is 21.1. The normalized spacial score (nSPS) is 13.2. The molecule has 8 bridgehead atoms. The molecule has 0 amide bonds. The predicted molar refractivity (Wildman–Crippen MR) is 237 cm³/mol. The first-order chi connectivity index (χ1) is 26.2. The van der Waals surface area contributed by atoms with E-state index < -0.39 is 0 Å². The molecular formula is C51H53N5Zn. The number of benzene rings is 2. The van der Waals surface area contributed by atoms with Gasteiger partial charge in [-0.1, -0.05) is 150 Å². The molecule has 2 aliphatic rings. The van der Waals surface area contributed by atoms with E-state index in [9.17, 15) is 5.26 Å². The van der Waals surface area contributed by atoms with Crippen molar-refractivity contribution in [1.29, 1.82) is 5.26 Å². The van der Waals surface area contributed by atoms with Gasteiger partial charge in [-0.2, -0.15) is 5.26 Å². The van der Waals surface area contributed by atoms with Crippen molar-refractivity contribution in [3.8, 4) is 28.3 Å². The van der Waals surface area contributed by atoms with Crippen LogP contribution in [0.3, 0.4) is 0 Å². The third-order valence-electron chi connectivity index (χ3n) is 10.7. The van der Waals surface area contributed by atoms with Crippen molar-refractivity contribution in [2.24, 2.45) is 0 Å².